The molecule has 0 amide bonds. The van der Waals surface area contributed by atoms with E-state index < -0.39 is 11.8 Å². The maximum Gasteiger partial charge on any atom is 0.331 e. The lowest BCUT2D eigenvalue weighted by Gasteiger charge is -1.97. The third-order valence-electron chi connectivity index (χ3n) is 1.29. The van der Waals surface area contributed by atoms with E-state index in [2.05, 4.69) is 6.58 Å². The average Bonchev–Trinajstić information content (AvgIpc) is 1.84. The van der Waals surface area contributed by atoms with Crippen LogP contribution in [0.5, 0.6) is 0 Å². The van der Waals surface area contributed by atoms with Crippen LogP contribution in [0.2, 0.25) is 0 Å². The van der Waals surface area contributed by atoms with E-state index in [4.69, 9.17) is 5.11 Å². The van der Waals surface area contributed by atoms with Gasteiger partial charge in [-0.05, 0) is 19.4 Å². The number of allylic oxidation sites excluding steroid dienone is 2. The van der Waals surface area contributed by atoms with Crippen LogP contribution in [-0.2, 0) is 4.79 Å². The third kappa shape index (κ3) is 2.01. The molecular formula is C7H9FO2. The fourth-order valence-corrected chi connectivity index (χ4v) is 0.364. The van der Waals surface area contributed by atoms with E-state index in [-0.39, 0.29) is 11.1 Å². The van der Waals surface area contributed by atoms with Gasteiger partial charge in [0.25, 0.3) is 0 Å². The Morgan fingerprint density at radius 1 is 1.40 bits per heavy atom. The molecule has 0 bridgehead atoms. The van der Waals surface area contributed by atoms with Gasteiger partial charge < -0.3 is 5.11 Å². The van der Waals surface area contributed by atoms with Gasteiger partial charge in [0.1, 0.15) is 5.83 Å². The van der Waals surface area contributed by atoms with Crippen molar-refractivity contribution in [1.29, 1.82) is 0 Å². The lowest BCUT2D eigenvalue weighted by Crippen LogP contribution is -1.99. The minimum absolute atomic E-state index is 0.00694. The van der Waals surface area contributed by atoms with Crippen molar-refractivity contribution in [2.45, 2.75) is 13.8 Å². The number of hydrogen-bond acceptors (Lipinski definition) is 1. The summed E-state index contributed by atoms with van der Waals surface area (Å²) >= 11 is 0. The molecule has 0 aromatic heterocycles. The Bertz CT molecular complexity index is 182. The highest BCUT2D eigenvalue weighted by Gasteiger charge is 2.06. The van der Waals surface area contributed by atoms with Crippen molar-refractivity contribution in [3.8, 4) is 0 Å². The summed E-state index contributed by atoms with van der Waals surface area (Å²) in [5.74, 6) is -1.81. The molecule has 3 heteroatoms. The fourth-order valence-electron chi connectivity index (χ4n) is 0.364. The number of carbonyl (C=O) groups is 1. The second kappa shape index (κ2) is 3.15. The predicted octanol–water partition coefficient (Wildman–Crippen LogP) is 1.89. The predicted molar refractivity (Wildman–Crippen MR) is 36.3 cm³/mol. The van der Waals surface area contributed by atoms with Crippen LogP contribution >= 0.6 is 0 Å². The van der Waals surface area contributed by atoms with Gasteiger partial charge in [0.2, 0.25) is 0 Å². The van der Waals surface area contributed by atoms with Crippen molar-refractivity contribution < 1.29 is 14.3 Å². The van der Waals surface area contributed by atoms with Gasteiger partial charge >= 0.3 is 5.97 Å². The summed E-state index contributed by atoms with van der Waals surface area (Å²) in [5, 5.41) is 8.34. The van der Waals surface area contributed by atoms with Crippen molar-refractivity contribution in [1.82, 2.24) is 0 Å². The molecule has 0 unspecified atom stereocenters. The molecule has 0 fully saturated rings. The molecule has 2 nitrogen and oxygen atoms in total. The molecule has 10 heavy (non-hydrogen) atoms. The maximum atomic E-state index is 12.2. The third-order valence-corrected chi connectivity index (χ3v) is 1.29. The maximum absolute atomic E-state index is 12.2. The van der Waals surface area contributed by atoms with E-state index in [1.807, 2.05) is 0 Å². The van der Waals surface area contributed by atoms with Gasteiger partial charge in [0, 0.05) is 5.57 Å². The van der Waals surface area contributed by atoms with Crippen LogP contribution in [0.4, 0.5) is 4.39 Å². The minimum atomic E-state index is -1.11. The van der Waals surface area contributed by atoms with Gasteiger partial charge in [-0.2, -0.15) is 0 Å². The number of carboxylic acids is 1. The molecule has 0 rings (SSSR count). The molecule has 0 saturated carbocycles. The van der Waals surface area contributed by atoms with Gasteiger partial charge in [-0.1, -0.05) is 6.58 Å². The van der Waals surface area contributed by atoms with Crippen molar-refractivity contribution in [3.05, 3.63) is 23.6 Å². The molecule has 0 aliphatic carbocycles. The van der Waals surface area contributed by atoms with E-state index in [1.165, 1.54) is 13.8 Å². The Hall–Kier alpha value is -1.12. The molecule has 1 N–H and O–H groups in total. The quantitative estimate of drug-likeness (QED) is 0.474. The summed E-state index contributed by atoms with van der Waals surface area (Å²) < 4.78 is 12.2. The topological polar surface area (TPSA) is 37.3 Å². The van der Waals surface area contributed by atoms with Crippen LogP contribution in [-0.4, -0.2) is 11.1 Å². The minimum Gasteiger partial charge on any atom is -0.478 e. The molecule has 0 aliphatic heterocycles. The van der Waals surface area contributed by atoms with E-state index in [0.717, 1.165) is 0 Å². The Kier molecular flexibility index (Phi) is 2.80. The Balaban J connectivity index is 4.67. The molecular weight excluding hydrogens is 135 g/mol. The normalized spacial score (nSPS) is 12.3. The number of rotatable bonds is 2. The standard InChI is InChI=1S/C7H9FO2/c1-4(6(3)8)5(2)7(9)10/h3H2,1-2H3,(H,9,10). The second-order valence-corrected chi connectivity index (χ2v) is 1.96. The largest absolute Gasteiger partial charge is 0.478 e. The SMILES string of the molecule is C=C(F)C(C)=C(C)C(=O)O. The second-order valence-electron chi connectivity index (χ2n) is 1.96. The molecule has 0 heterocycles. The van der Waals surface area contributed by atoms with E-state index in [0.29, 0.717) is 0 Å². The van der Waals surface area contributed by atoms with Gasteiger partial charge in [-0.25, -0.2) is 9.18 Å². The highest BCUT2D eigenvalue weighted by Crippen LogP contribution is 2.12. The van der Waals surface area contributed by atoms with Crippen molar-refractivity contribution in [2.75, 3.05) is 0 Å². The molecule has 0 aromatic rings. The van der Waals surface area contributed by atoms with E-state index in [1.54, 1.807) is 0 Å². The fraction of sp³-hybridized carbons (Fsp3) is 0.286. The molecule has 0 aliphatic rings. The summed E-state index contributed by atoms with van der Waals surface area (Å²) in [5.41, 5.74) is 0.0833. The Labute approximate surface area is 58.7 Å². The number of halogens is 1. The average molecular weight is 144 g/mol. The first kappa shape index (κ1) is 8.88. The summed E-state index contributed by atoms with van der Waals surface area (Å²) in [6.07, 6.45) is 0. The summed E-state index contributed by atoms with van der Waals surface area (Å²) in [6, 6.07) is 0. The smallest absolute Gasteiger partial charge is 0.331 e. The lowest BCUT2D eigenvalue weighted by atomic mass is 10.1. The summed E-state index contributed by atoms with van der Waals surface area (Å²) in [6.45, 7) is 5.69. The van der Waals surface area contributed by atoms with E-state index in [9.17, 15) is 9.18 Å². The number of carboxylic acid groups (broad SMARTS) is 1. The first-order valence-electron chi connectivity index (χ1n) is 2.72. The highest BCUT2D eigenvalue weighted by molar-refractivity contribution is 5.87. The summed E-state index contributed by atoms with van der Waals surface area (Å²) in [4.78, 5) is 10.2. The first-order valence-corrected chi connectivity index (χ1v) is 2.72. The molecule has 0 radical (unpaired) electrons. The zero-order chi connectivity index (χ0) is 8.31. The van der Waals surface area contributed by atoms with E-state index >= 15 is 0 Å². The highest BCUT2D eigenvalue weighted by atomic mass is 19.1. The van der Waals surface area contributed by atoms with Gasteiger partial charge in [0.15, 0.2) is 0 Å². The van der Waals surface area contributed by atoms with Gasteiger partial charge in [-0.15, -0.1) is 0 Å². The van der Waals surface area contributed by atoms with Crippen LogP contribution in [0.15, 0.2) is 23.6 Å². The van der Waals surface area contributed by atoms with Crippen molar-refractivity contribution >= 4 is 5.97 Å². The van der Waals surface area contributed by atoms with Crippen LogP contribution in [0.1, 0.15) is 13.8 Å². The summed E-state index contributed by atoms with van der Waals surface area (Å²) in [7, 11) is 0. The molecule has 0 aromatic carbocycles. The van der Waals surface area contributed by atoms with Gasteiger partial charge in [-0.3, -0.25) is 0 Å². The van der Waals surface area contributed by atoms with Crippen LogP contribution in [0, 0.1) is 0 Å². The monoisotopic (exact) mass is 144 g/mol. The number of aliphatic carboxylic acids is 1. The molecule has 56 valence electrons. The first-order chi connectivity index (χ1) is 4.46. The number of hydrogen-bond donors (Lipinski definition) is 1. The zero-order valence-electron chi connectivity index (χ0n) is 5.94. The lowest BCUT2D eigenvalue weighted by molar-refractivity contribution is -0.132. The van der Waals surface area contributed by atoms with Crippen LogP contribution in [0.3, 0.4) is 0 Å². The van der Waals surface area contributed by atoms with Crippen molar-refractivity contribution in [3.63, 3.8) is 0 Å². The molecule has 0 spiro atoms. The Morgan fingerprint density at radius 3 is 1.90 bits per heavy atom. The van der Waals surface area contributed by atoms with Crippen LogP contribution < -0.4 is 0 Å². The zero-order valence-corrected chi connectivity index (χ0v) is 5.94. The van der Waals surface area contributed by atoms with Crippen LogP contribution in [0.25, 0.3) is 0 Å². The Morgan fingerprint density at radius 2 is 1.80 bits per heavy atom. The molecule has 0 atom stereocenters. The van der Waals surface area contributed by atoms with Crippen molar-refractivity contribution in [2.24, 2.45) is 0 Å². The molecule has 0 saturated heterocycles. The van der Waals surface area contributed by atoms with Gasteiger partial charge in [0.05, 0.1) is 0 Å².